The minimum Gasteiger partial charge on any atom is -0.393 e. The summed E-state index contributed by atoms with van der Waals surface area (Å²) in [6.45, 7) is 1.73. The molecule has 1 N–H and O–H groups in total. The van der Waals surface area contributed by atoms with Gasteiger partial charge in [-0.1, -0.05) is 0 Å². The van der Waals surface area contributed by atoms with Gasteiger partial charge in [0.15, 0.2) is 0 Å². The summed E-state index contributed by atoms with van der Waals surface area (Å²) in [7, 11) is 0. The summed E-state index contributed by atoms with van der Waals surface area (Å²) >= 11 is 0. The van der Waals surface area contributed by atoms with Crippen LogP contribution in [0.15, 0.2) is 0 Å². The lowest BCUT2D eigenvalue weighted by Gasteiger charge is -1.97. The lowest BCUT2D eigenvalue weighted by molar-refractivity contribution is 0.182. The van der Waals surface area contributed by atoms with Crippen LogP contribution < -0.4 is 0 Å². The first-order valence-electron chi connectivity index (χ1n) is 2.82. The van der Waals surface area contributed by atoms with E-state index < -0.39 is 0 Å². The third-order valence-corrected chi connectivity index (χ3v) is 0.910. The molecule has 0 heterocycles. The largest absolute Gasteiger partial charge is 0.393 e. The van der Waals surface area contributed by atoms with Crippen molar-refractivity contribution < 1.29 is 5.11 Å². The van der Waals surface area contributed by atoms with Gasteiger partial charge in [0.25, 0.3) is 0 Å². The Morgan fingerprint density at radius 3 is 2.75 bits per heavy atom. The van der Waals surface area contributed by atoms with Crippen molar-refractivity contribution in [1.29, 1.82) is 5.26 Å². The summed E-state index contributed by atoms with van der Waals surface area (Å²) in [5.74, 6) is 0. The van der Waals surface area contributed by atoms with Crippen molar-refractivity contribution >= 4 is 0 Å². The summed E-state index contributed by atoms with van der Waals surface area (Å²) in [6.07, 6.45) is 1.87. The predicted octanol–water partition coefficient (Wildman–Crippen LogP) is 1.06. The highest BCUT2D eigenvalue weighted by atomic mass is 16.3. The Bertz CT molecular complexity index is 83.0. The van der Waals surface area contributed by atoms with Crippen molar-refractivity contribution in [3.63, 3.8) is 0 Å². The van der Waals surface area contributed by atoms with Gasteiger partial charge in [-0.15, -0.1) is 0 Å². The molecule has 8 heavy (non-hydrogen) atoms. The molecule has 2 heteroatoms. The molecule has 0 amide bonds. The fourth-order valence-electron chi connectivity index (χ4n) is 0.477. The lowest BCUT2D eigenvalue weighted by atomic mass is 10.2. The van der Waals surface area contributed by atoms with Crippen molar-refractivity contribution in [2.75, 3.05) is 0 Å². The molecule has 1 atom stereocenters. The van der Waals surface area contributed by atoms with Crippen molar-refractivity contribution in [1.82, 2.24) is 0 Å². The van der Waals surface area contributed by atoms with E-state index in [2.05, 4.69) is 0 Å². The van der Waals surface area contributed by atoms with Gasteiger partial charge < -0.3 is 5.11 Å². The maximum atomic E-state index is 8.67. The van der Waals surface area contributed by atoms with E-state index in [1.165, 1.54) is 0 Å². The lowest BCUT2D eigenvalue weighted by Crippen LogP contribution is -1.97. The van der Waals surface area contributed by atoms with Crippen LogP contribution in [0.5, 0.6) is 0 Å². The topological polar surface area (TPSA) is 44.0 Å². The van der Waals surface area contributed by atoms with Crippen LogP contribution in [0.1, 0.15) is 26.2 Å². The second kappa shape index (κ2) is 4.61. The Labute approximate surface area is 49.8 Å². The second-order valence-electron chi connectivity index (χ2n) is 1.90. The molecule has 0 aliphatic carbocycles. The quantitative estimate of drug-likeness (QED) is 0.556. The summed E-state index contributed by atoms with van der Waals surface area (Å²) in [6, 6.07) is 2.01. The Balaban J connectivity index is 2.85. The molecule has 0 spiro atoms. The van der Waals surface area contributed by atoms with Crippen LogP contribution >= 0.6 is 0 Å². The number of nitrogens with zero attached hydrogens (tertiary/aromatic N) is 1. The van der Waals surface area contributed by atoms with Crippen LogP contribution in [0.3, 0.4) is 0 Å². The fourth-order valence-corrected chi connectivity index (χ4v) is 0.477. The minimum absolute atomic E-state index is 0.247. The third-order valence-electron chi connectivity index (χ3n) is 0.910. The van der Waals surface area contributed by atoms with Crippen LogP contribution in [0.25, 0.3) is 0 Å². The standard InChI is InChI=1S/C6H11NO/c1-6(8)4-2-3-5-7/h6,8H,2-4H2,1H3. The van der Waals surface area contributed by atoms with E-state index in [1.54, 1.807) is 6.92 Å². The van der Waals surface area contributed by atoms with E-state index in [4.69, 9.17) is 10.4 Å². The smallest absolute Gasteiger partial charge is 0.0621 e. The highest BCUT2D eigenvalue weighted by Crippen LogP contribution is 1.97. The number of nitriles is 1. The molecule has 0 fully saturated rings. The number of rotatable bonds is 3. The third kappa shape index (κ3) is 5.45. The van der Waals surface area contributed by atoms with Gasteiger partial charge in [-0.05, 0) is 19.8 Å². The molecule has 0 saturated carbocycles. The number of aliphatic hydroxyl groups is 1. The first-order chi connectivity index (χ1) is 3.77. The van der Waals surface area contributed by atoms with Gasteiger partial charge in [-0.25, -0.2) is 0 Å². The molecule has 0 saturated heterocycles. The molecule has 0 aromatic rings. The van der Waals surface area contributed by atoms with Crippen molar-refractivity contribution in [3.05, 3.63) is 0 Å². The number of hydrogen-bond donors (Lipinski definition) is 1. The summed E-state index contributed by atoms with van der Waals surface area (Å²) in [4.78, 5) is 0. The van der Waals surface area contributed by atoms with Crippen molar-refractivity contribution in [2.24, 2.45) is 0 Å². The van der Waals surface area contributed by atoms with E-state index in [-0.39, 0.29) is 6.10 Å². The molecule has 0 bridgehead atoms. The van der Waals surface area contributed by atoms with E-state index in [1.807, 2.05) is 6.07 Å². The molecule has 46 valence electrons. The van der Waals surface area contributed by atoms with Gasteiger partial charge in [0.1, 0.15) is 0 Å². The molecular weight excluding hydrogens is 102 g/mol. The molecule has 0 aliphatic rings. The highest BCUT2D eigenvalue weighted by Gasteiger charge is 1.92. The molecule has 0 aromatic heterocycles. The summed E-state index contributed by atoms with van der Waals surface area (Å²) in [5, 5.41) is 16.7. The summed E-state index contributed by atoms with van der Waals surface area (Å²) < 4.78 is 0. The predicted molar refractivity (Wildman–Crippen MR) is 31.1 cm³/mol. The molecule has 0 rings (SSSR count). The van der Waals surface area contributed by atoms with Gasteiger partial charge in [-0.3, -0.25) is 0 Å². The van der Waals surface area contributed by atoms with E-state index in [9.17, 15) is 0 Å². The minimum atomic E-state index is -0.247. The van der Waals surface area contributed by atoms with Crippen LogP contribution in [-0.2, 0) is 0 Å². The van der Waals surface area contributed by atoms with Gasteiger partial charge >= 0.3 is 0 Å². The highest BCUT2D eigenvalue weighted by molar-refractivity contribution is 4.68. The fraction of sp³-hybridized carbons (Fsp3) is 0.833. The first-order valence-corrected chi connectivity index (χ1v) is 2.82. The van der Waals surface area contributed by atoms with Crippen molar-refractivity contribution in [2.45, 2.75) is 32.3 Å². The second-order valence-corrected chi connectivity index (χ2v) is 1.90. The normalized spacial score (nSPS) is 12.6. The molecule has 0 aliphatic heterocycles. The van der Waals surface area contributed by atoms with E-state index >= 15 is 0 Å². The Morgan fingerprint density at radius 1 is 1.75 bits per heavy atom. The summed E-state index contributed by atoms with van der Waals surface area (Å²) in [5.41, 5.74) is 0. The average molecular weight is 113 g/mol. The maximum Gasteiger partial charge on any atom is 0.0621 e. The van der Waals surface area contributed by atoms with Crippen LogP contribution in [0, 0.1) is 11.3 Å². The van der Waals surface area contributed by atoms with Gasteiger partial charge in [0.05, 0.1) is 12.2 Å². The Kier molecular flexibility index (Phi) is 4.29. The molecule has 0 radical (unpaired) electrons. The Hall–Kier alpha value is -0.550. The Morgan fingerprint density at radius 2 is 2.38 bits per heavy atom. The molecule has 0 aromatic carbocycles. The van der Waals surface area contributed by atoms with Gasteiger partial charge in [-0.2, -0.15) is 5.26 Å². The van der Waals surface area contributed by atoms with Crippen molar-refractivity contribution in [3.8, 4) is 6.07 Å². The zero-order chi connectivity index (χ0) is 6.41. The maximum absolute atomic E-state index is 8.67. The first kappa shape index (κ1) is 7.45. The molecular formula is C6H11NO. The number of hydrogen-bond acceptors (Lipinski definition) is 2. The van der Waals surface area contributed by atoms with Gasteiger partial charge in [0, 0.05) is 6.42 Å². The average Bonchev–Trinajstić information content (AvgIpc) is 1.66. The molecule has 1 unspecified atom stereocenters. The monoisotopic (exact) mass is 113 g/mol. The van der Waals surface area contributed by atoms with Crippen LogP contribution in [0.4, 0.5) is 0 Å². The number of aliphatic hydroxyl groups excluding tert-OH is 1. The van der Waals surface area contributed by atoms with E-state index in [0.29, 0.717) is 6.42 Å². The van der Waals surface area contributed by atoms with Gasteiger partial charge in [0.2, 0.25) is 0 Å². The van der Waals surface area contributed by atoms with Crippen LogP contribution in [0.2, 0.25) is 0 Å². The van der Waals surface area contributed by atoms with E-state index in [0.717, 1.165) is 12.8 Å². The molecule has 2 nitrogen and oxygen atoms in total. The number of unbranched alkanes of at least 4 members (excludes halogenated alkanes) is 1. The zero-order valence-corrected chi connectivity index (χ0v) is 5.09. The zero-order valence-electron chi connectivity index (χ0n) is 5.09. The van der Waals surface area contributed by atoms with Crippen LogP contribution in [-0.4, -0.2) is 11.2 Å². The SMILES string of the molecule is CC(O)CCCC#N.